The quantitative estimate of drug-likeness (QED) is 0.272. The first-order chi connectivity index (χ1) is 17.4. The van der Waals surface area contributed by atoms with Gasteiger partial charge in [-0.2, -0.15) is 5.10 Å². The number of carboxylic acid groups (broad SMARTS) is 2. The summed E-state index contributed by atoms with van der Waals surface area (Å²) < 4.78 is 12.4. The second kappa shape index (κ2) is 12.3. The minimum absolute atomic E-state index is 0. The third-order valence-electron chi connectivity index (χ3n) is 5.59. The van der Waals surface area contributed by atoms with Gasteiger partial charge in [0.1, 0.15) is 29.9 Å². The number of aliphatic carboxylic acids is 1. The number of hydrogen-bond donors (Lipinski definition) is 3. The number of carboxylic acids is 2. The highest BCUT2D eigenvalue weighted by molar-refractivity contribution is 5.87. The molecule has 0 unspecified atom stereocenters. The number of ether oxygens (including phenoxy) is 2. The highest BCUT2D eigenvalue weighted by Gasteiger charge is 2.21. The van der Waals surface area contributed by atoms with Crippen molar-refractivity contribution in [1.29, 1.82) is 0 Å². The number of H-pyrrole nitrogens is 1. The lowest BCUT2D eigenvalue weighted by Crippen LogP contribution is -2.12. The molecule has 2 aromatic carbocycles. The van der Waals surface area contributed by atoms with Crippen LogP contribution in [0.4, 0.5) is 0 Å². The van der Waals surface area contributed by atoms with Crippen molar-refractivity contribution >= 4 is 11.9 Å². The number of hydrogen-bond acceptors (Lipinski definition) is 6. The minimum Gasteiger partial charge on any atom is -0.489 e. The standard InChI is InChI=1S/C27H25N3O6.H2O/c1-17-5-2-3-7-20(17)24(10-11-26(31)32)36-25-13-19(35-16-18-6-4-12-28-15-18)8-9-21(25)22-14-23(27(33)34)30-29-22;/h2-9,12-15,24H,10-11,16H2,1H3,(H,29,30)(H,31,32)(H,33,34);1H2/t24-;/m1./s1. The maximum absolute atomic E-state index is 11.4. The van der Waals surface area contributed by atoms with Crippen molar-refractivity contribution in [3.05, 3.63) is 95.4 Å². The normalized spacial score (nSPS) is 11.3. The summed E-state index contributed by atoms with van der Waals surface area (Å²) in [6.45, 7) is 2.23. The molecular formula is C27H27N3O7. The van der Waals surface area contributed by atoms with Crippen LogP contribution in [0.5, 0.6) is 11.5 Å². The van der Waals surface area contributed by atoms with E-state index in [2.05, 4.69) is 15.2 Å². The number of aryl methyl sites for hydroxylation is 1. The molecule has 0 spiro atoms. The monoisotopic (exact) mass is 505 g/mol. The molecular weight excluding hydrogens is 478 g/mol. The van der Waals surface area contributed by atoms with E-state index in [1.54, 1.807) is 30.6 Å². The van der Waals surface area contributed by atoms with Crippen LogP contribution in [0.2, 0.25) is 0 Å². The number of carbonyl (C=O) groups is 2. The fourth-order valence-electron chi connectivity index (χ4n) is 3.75. The van der Waals surface area contributed by atoms with Crippen LogP contribution in [0, 0.1) is 6.92 Å². The number of aromatic nitrogens is 3. The molecule has 0 radical (unpaired) electrons. The number of nitrogens with one attached hydrogen (secondary N) is 1. The molecule has 4 aromatic rings. The van der Waals surface area contributed by atoms with E-state index in [1.165, 1.54) is 6.07 Å². The number of pyridine rings is 1. The predicted molar refractivity (Wildman–Crippen MR) is 135 cm³/mol. The lowest BCUT2D eigenvalue weighted by atomic mass is 9.99. The van der Waals surface area contributed by atoms with Gasteiger partial charge in [-0.25, -0.2) is 4.79 Å². The molecule has 1 atom stereocenters. The van der Waals surface area contributed by atoms with Crippen LogP contribution in [0.3, 0.4) is 0 Å². The van der Waals surface area contributed by atoms with Crippen LogP contribution in [-0.2, 0) is 11.4 Å². The number of aromatic amines is 1. The number of rotatable bonds is 11. The van der Waals surface area contributed by atoms with E-state index < -0.39 is 18.0 Å². The molecule has 5 N–H and O–H groups in total. The largest absolute Gasteiger partial charge is 0.489 e. The second-order valence-electron chi connectivity index (χ2n) is 8.18. The van der Waals surface area contributed by atoms with Gasteiger partial charge in [-0.15, -0.1) is 0 Å². The SMILES string of the molecule is Cc1ccccc1[C@@H](CCC(=O)O)Oc1cc(OCc2cccnc2)ccc1-c1cc(C(=O)O)[nH]n1.O. The summed E-state index contributed by atoms with van der Waals surface area (Å²) >= 11 is 0. The second-order valence-corrected chi connectivity index (χ2v) is 8.18. The van der Waals surface area contributed by atoms with E-state index in [9.17, 15) is 19.8 Å². The van der Waals surface area contributed by atoms with Crippen molar-refractivity contribution in [2.45, 2.75) is 32.5 Å². The number of aromatic carboxylic acids is 1. The van der Waals surface area contributed by atoms with Crippen LogP contribution in [0.25, 0.3) is 11.3 Å². The fraction of sp³-hybridized carbons (Fsp3) is 0.185. The van der Waals surface area contributed by atoms with Gasteiger partial charge in [0.25, 0.3) is 0 Å². The van der Waals surface area contributed by atoms with Gasteiger partial charge >= 0.3 is 11.9 Å². The zero-order valence-corrected chi connectivity index (χ0v) is 20.0. The third-order valence-corrected chi connectivity index (χ3v) is 5.59. The number of nitrogens with zero attached hydrogens (tertiary/aromatic N) is 2. The van der Waals surface area contributed by atoms with E-state index in [1.807, 2.05) is 43.3 Å². The average Bonchev–Trinajstić information content (AvgIpc) is 3.37. The van der Waals surface area contributed by atoms with E-state index in [0.29, 0.717) is 29.4 Å². The molecule has 2 aromatic heterocycles. The van der Waals surface area contributed by atoms with Crippen molar-refractivity contribution in [3.8, 4) is 22.8 Å². The Morgan fingerprint density at radius 3 is 2.54 bits per heavy atom. The van der Waals surface area contributed by atoms with Gasteiger partial charge in [0.05, 0.1) is 5.69 Å². The lowest BCUT2D eigenvalue weighted by Gasteiger charge is -2.23. The van der Waals surface area contributed by atoms with E-state index >= 15 is 0 Å². The van der Waals surface area contributed by atoms with Crippen molar-refractivity contribution in [1.82, 2.24) is 15.2 Å². The molecule has 0 saturated heterocycles. The topological polar surface area (TPSA) is 166 Å². The van der Waals surface area contributed by atoms with E-state index in [0.717, 1.165) is 16.7 Å². The molecule has 0 fully saturated rings. The van der Waals surface area contributed by atoms with Gasteiger partial charge in [0.2, 0.25) is 0 Å². The molecule has 192 valence electrons. The summed E-state index contributed by atoms with van der Waals surface area (Å²) in [4.78, 5) is 26.8. The summed E-state index contributed by atoms with van der Waals surface area (Å²) in [6.07, 6.45) is 2.98. The summed E-state index contributed by atoms with van der Waals surface area (Å²) in [5.41, 5.74) is 3.58. The maximum atomic E-state index is 11.4. The van der Waals surface area contributed by atoms with Crippen molar-refractivity contribution in [2.24, 2.45) is 0 Å². The van der Waals surface area contributed by atoms with Crippen LogP contribution >= 0.6 is 0 Å². The molecule has 0 aliphatic carbocycles. The molecule has 0 aliphatic heterocycles. The zero-order chi connectivity index (χ0) is 25.5. The lowest BCUT2D eigenvalue weighted by molar-refractivity contribution is -0.137. The first-order valence-corrected chi connectivity index (χ1v) is 11.3. The first kappa shape index (κ1) is 26.9. The third kappa shape index (κ3) is 6.92. The molecule has 10 heteroatoms. The van der Waals surface area contributed by atoms with Crippen molar-refractivity contribution < 1.29 is 34.8 Å². The predicted octanol–water partition coefficient (Wildman–Crippen LogP) is 4.22. The zero-order valence-electron chi connectivity index (χ0n) is 20.0. The van der Waals surface area contributed by atoms with Gasteiger partial charge in [0, 0.05) is 36.0 Å². The smallest absolute Gasteiger partial charge is 0.353 e. The Balaban J connectivity index is 0.00000380. The molecule has 37 heavy (non-hydrogen) atoms. The Hall–Kier alpha value is -4.70. The van der Waals surface area contributed by atoms with Gasteiger partial charge in [-0.1, -0.05) is 30.3 Å². The Kier molecular flexibility index (Phi) is 8.95. The van der Waals surface area contributed by atoms with Gasteiger partial charge in [0.15, 0.2) is 0 Å². The highest BCUT2D eigenvalue weighted by Crippen LogP contribution is 2.37. The fourth-order valence-corrected chi connectivity index (χ4v) is 3.75. The summed E-state index contributed by atoms with van der Waals surface area (Å²) in [7, 11) is 0. The molecule has 4 rings (SSSR count). The molecule has 0 bridgehead atoms. The summed E-state index contributed by atoms with van der Waals surface area (Å²) in [5, 5.41) is 25.2. The Morgan fingerprint density at radius 1 is 1.05 bits per heavy atom. The Morgan fingerprint density at radius 2 is 1.86 bits per heavy atom. The van der Waals surface area contributed by atoms with Crippen LogP contribution in [-0.4, -0.2) is 42.8 Å². The maximum Gasteiger partial charge on any atom is 0.353 e. The van der Waals surface area contributed by atoms with Gasteiger partial charge < -0.3 is 25.2 Å². The molecule has 0 saturated carbocycles. The first-order valence-electron chi connectivity index (χ1n) is 11.3. The molecule has 2 heterocycles. The van der Waals surface area contributed by atoms with Crippen molar-refractivity contribution in [2.75, 3.05) is 0 Å². The Labute approximate surface area is 212 Å². The molecule has 0 amide bonds. The van der Waals surface area contributed by atoms with Crippen LogP contribution in [0.15, 0.2) is 73.1 Å². The summed E-state index contributed by atoms with van der Waals surface area (Å²) in [6, 6.07) is 17.9. The average molecular weight is 506 g/mol. The summed E-state index contributed by atoms with van der Waals surface area (Å²) in [5.74, 6) is -1.15. The van der Waals surface area contributed by atoms with E-state index in [4.69, 9.17) is 9.47 Å². The molecule has 0 aliphatic rings. The van der Waals surface area contributed by atoms with Gasteiger partial charge in [-0.05, 0) is 48.7 Å². The van der Waals surface area contributed by atoms with Gasteiger partial charge in [-0.3, -0.25) is 14.9 Å². The number of benzene rings is 2. The van der Waals surface area contributed by atoms with E-state index in [-0.39, 0.29) is 24.0 Å². The molecule has 10 nitrogen and oxygen atoms in total. The van der Waals surface area contributed by atoms with Crippen LogP contribution < -0.4 is 9.47 Å². The van der Waals surface area contributed by atoms with Crippen LogP contribution in [0.1, 0.15) is 46.1 Å². The minimum atomic E-state index is -1.13. The van der Waals surface area contributed by atoms with Crippen molar-refractivity contribution in [3.63, 3.8) is 0 Å². The highest BCUT2D eigenvalue weighted by atomic mass is 16.5. The Bertz CT molecular complexity index is 1360.